The second-order valence-corrected chi connectivity index (χ2v) is 7.40. The molecule has 0 saturated carbocycles. The van der Waals surface area contributed by atoms with E-state index in [0.717, 1.165) is 10.5 Å². The molecular formula is C19H23N5O6S. The molecule has 0 saturated heterocycles. The van der Waals surface area contributed by atoms with Crippen LogP contribution in [0, 0.1) is 10.1 Å². The number of ether oxygens (including phenoxy) is 2. The number of nitrogen functional groups attached to an aromatic ring is 1. The Bertz CT molecular complexity index is 1000. The molecule has 0 radical (unpaired) electrons. The molecule has 2 N–H and O–H groups in total. The van der Waals surface area contributed by atoms with E-state index < -0.39 is 33.3 Å². The van der Waals surface area contributed by atoms with Crippen molar-refractivity contribution in [3.05, 3.63) is 52.6 Å². The fraction of sp³-hybridized carbons (Fsp3) is 0.316. The summed E-state index contributed by atoms with van der Waals surface area (Å²) < 4.78 is 22.4. The quantitative estimate of drug-likeness (QED) is 0.249. The highest BCUT2D eigenvalue weighted by Crippen LogP contribution is 2.32. The van der Waals surface area contributed by atoms with E-state index in [0.29, 0.717) is 18.8 Å². The van der Waals surface area contributed by atoms with E-state index in [2.05, 4.69) is 16.5 Å². The molecular weight excluding hydrogens is 426 g/mol. The number of carbonyl (C=O) groups is 1. The second-order valence-electron chi connectivity index (χ2n) is 6.12. The summed E-state index contributed by atoms with van der Waals surface area (Å²) in [6.45, 7) is 5.56. The number of nitrogens with zero attached hydrogens (tertiary/aromatic N) is 4. The highest BCUT2D eigenvalue weighted by atomic mass is 32.2. The van der Waals surface area contributed by atoms with Gasteiger partial charge >= 0.3 is 11.8 Å². The van der Waals surface area contributed by atoms with Crippen molar-refractivity contribution in [2.45, 2.75) is 18.5 Å². The van der Waals surface area contributed by atoms with Crippen molar-refractivity contribution in [1.82, 2.24) is 9.97 Å². The van der Waals surface area contributed by atoms with Crippen LogP contribution in [0.4, 0.5) is 22.1 Å². The molecule has 1 amide bonds. The standard InChI is InChI=1S/C19H23N5O6S/c1-4-11-30-14-8-6-7-13(12-14)9-10-23(19(25)29-5-2)17-15(24(26)27)16(20)21-18(22-17)31(3)28/h4,6-8,12H,1,5,9-11H2,2-3H3,(H2,20,21,22). The molecule has 0 aliphatic rings. The average molecular weight is 449 g/mol. The van der Waals surface area contributed by atoms with Gasteiger partial charge < -0.3 is 15.2 Å². The van der Waals surface area contributed by atoms with Gasteiger partial charge in [-0.3, -0.25) is 19.2 Å². The van der Waals surface area contributed by atoms with E-state index in [1.54, 1.807) is 31.2 Å². The van der Waals surface area contributed by atoms with Gasteiger partial charge in [-0.05, 0) is 31.0 Å². The van der Waals surface area contributed by atoms with Crippen LogP contribution < -0.4 is 15.4 Å². The number of nitrogens with two attached hydrogens (primary N) is 1. The van der Waals surface area contributed by atoms with Crippen LogP contribution in [-0.4, -0.2) is 51.2 Å². The molecule has 31 heavy (non-hydrogen) atoms. The number of aromatic nitrogens is 2. The SMILES string of the molecule is C=CCOc1cccc(CCN(C(=O)OCC)c2nc(S(C)=O)nc(N)c2[N+](=O)[O-])c1. The molecule has 2 rings (SSSR count). The minimum absolute atomic E-state index is 0.0170. The van der Waals surface area contributed by atoms with E-state index in [9.17, 15) is 19.1 Å². The van der Waals surface area contributed by atoms with Crippen LogP contribution in [0.3, 0.4) is 0 Å². The zero-order valence-corrected chi connectivity index (χ0v) is 18.0. The first-order valence-electron chi connectivity index (χ1n) is 9.20. The predicted octanol–water partition coefficient (Wildman–Crippen LogP) is 2.47. The van der Waals surface area contributed by atoms with E-state index in [-0.39, 0.29) is 24.1 Å². The van der Waals surface area contributed by atoms with Crippen LogP contribution in [-0.2, 0) is 22.0 Å². The van der Waals surface area contributed by atoms with Crippen LogP contribution >= 0.6 is 0 Å². The highest BCUT2D eigenvalue weighted by molar-refractivity contribution is 7.84. The van der Waals surface area contributed by atoms with Crippen molar-refractivity contribution in [3.63, 3.8) is 0 Å². The van der Waals surface area contributed by atoms with Crippen molar-refractivity contribution in [1.29, 1.82) is 0 Å². The van der Waals surface area contributed by atoms with Crippen molar-refractivity contribution >= 4 is 34.2 Å². The first-order chi connectivity index (χ1) is 14.8. The summed E-state index contributed by atoms with van der Waals surface area (Å²) in [5.41, 5.74) is 5.86. The van der Waals surface area contributed by atoms with Gasteiger partial charge in [0, 0.05) is 12.8 Å². The Morgan fingerprint density at radius 2 is 2.16 bits per heavy atom. The third-order valence-electron chi connectivity index (χ3n) is 3.95. The number of amides is 1. The Balaban J connectivity index is 2.44. The van der Waals surface area contributed by atoms with Gasteiger partial charge in [-0.15, -0.1) is 0 Å². The van der Waals surface area contributed by atoms with Crippen LogP contribution in [0.5, 0.6) is 5.75 Å². The van der Waals surface area contributed by atoms with Gasteiger partial charge in [0.1, 0.15) is 12.4 Å². The van der Waals surface area contributed by atoms with Crippen LogP contribution in [0.2, 0.25) is 0 Å². The maximum atomic E-state index is 12.6. The van der Waals surface area contributed by atoms with Crippen LogP contribution in [0.1, 0.15) is 12.5 Å². The highest BCUT2D eigenvalue weighted by Gasteiger charge is 2.32. The molecule has 1 aromatic carbocycles. The number of hydrogen-bond donors (Lipinski definition) is 1. The molecule has 12 heteroatoms. The van der Waals surface area contributed by atoms with Gasteiger partial charge in [-0.2, -0.15) is 9.97 Å². The van der Waals surface area contributed by atoms with Crippen LogP contribution in [0.25, 0.3) is 0 Å². The summed E-state index contributed by atoms with van der Waals surface area (Å²) in [5.74, 6) is -0.254. The molecule has 2 aromatic rings. The smallest absolute Gasteiger partial charge is 0.415 e. The minimum Gasteiger partial charge on any atom is -0.490 e. The predicted molar refractivity (Wildman–Crippen MR) is 116 cm³/mol. The lowest BCUT2D eigenvalue weighted by Crippen LogP contribution is -2.35. The molecule has 11 nitrogen and oxygen atoms in total. The lowest BCUT2D eigenvalue weighted by atomic mass is 10.1. The molecule has 1 heterocycles. The van der Waals surface area contributed by atoms with Crippen molar-refractivity contribution < 1.29 is 23.4 Å². The molecule has 166 valence electrons. The molecule has 1 unspecified atom stereocenters. The number of rotatable bonds is 10. The van der Waals surface area contributed by atoms with Gasteiger partial charge in [-0.1, -0.05) is 24.8 Å². The summed E-state index contributed by atoms with van der Waals surface area (Å²) in [7, 11) is -1.68. The molecule has 0 fully saturated rings. The van der Waals surface area contributed by atoms with Crippen molar-refractivity contribution in [3.8, 4) is 5.75 Å². The zero-order valence-electron chi connectivity index (χ0n) is 17.1. The van der Waals surface area contributed by atoms with Crippen molar-refractivity contribution in [2.75, 3.05) is 36.6 Å². The summed E-state index contributed by atoms with van der Waals surface area (Å²) in [5, 5.41) is 11.4. The Labute approximate surface area is 181 Å². The average Bonchev–Trinajstić information content (AvgIpc) is 2.72. The molecule has 1 aromatic heterocycles. The number of benzene rings is 1. The Morgan fingerprint density at radius 1 is 1.42 bits per heavy atom. The molecule has 0 spiro atoms. The minimum atomic E-state index is -1.68. The van der Waals surface area contributed by atoms with Gasteiger partial charge in [-0.25, -0.2) is 4.79 Å². The topological polar surface area (TPSA) is 151 Å². The maximum Gasteiger partial charge on any atom is 0.415 e. The molecule has 1 atom stereocenters. The van der Waals surface area contributed by atoms with Gasteiger partial charge in [0.25, 0.3) is 0 Å². The number of carbonyl (C=O) groups excluding carboxylic acids is 1. The third kappa shape index (κ3) is 6.22. The Hall–Kier alpha value is -3.54. The van der Waals surface area contributed by atoms with E-state index in [1.807, 2.05) is 6.07 Å². The lowest BCUT2D eigenvalue weighted by molar-refractivity contribution is -0.383. The third-order valence-corrected chi connectivity index (χ3v) is 4.64. The summed E-state index contributed by atoms with van der Waals surface area (Å²) in [6.07, 6.45) is 2.36. The first kappa shape index (κ1) is 23.7. The first-order valence-corrected chi connectivity index (χ1v) is 10.8. The van der Waals surface area contributed by atoms with Gasteiger partial charge in [0.15, 0.2) is 0 Å². The van der Waals surface area contributed by atoms with E-state index >= 15 is 0 Å². The largest absolute Gasteiger partial charge is 0.490 e. The number of nitro groups is 1. The number of hydrogen-bond acceptors (Lipinski definition) is 9. The molecule has 0 aliphatic carbocycles. The summed E-state index contributed by atoms with van der Waals surface area (Å²) in [4.78, 5) is 32.1. The Kier molecular flexibility index (Phi) is 8.43. The molecule has 0 bridgehead atoms. The maximum absolute atomic E-state index is 12.6. The fourth-order valence-electron chi connectivity index (χ4n) is 2.60. The number of anilines is 2. The van der Waals surface area contributed by atoms with Gasteiger partial charge in [0.05, 0.1) is 22.3 Å². The normalized spacial score (nSPS) is 11.4. The fourth-order valence-corrected chi connectivity index (χ4v) is 3.04. The molecule has 0 aliphatic heterocycles. The van der Waals surface area contributed by atoms with Crippen LogP contribution in [0.15, 0.2) is 42.1 Å². The van der Waals surface area contributed by atoms with E-state index in [1.165, 1.54) is 6.26 Å². The van der Waals surface area contributed by atoms with Gasteiger partial charge in [0.2, 0.25) is 16.8 Å². The monoisotopic (exact) mass is 449 g/mol. The lowest BCUT2D eigenvalue weighted by Gasteiger charge is -2.21. The van der Waals surface area contributed by atoms with E-state index in [4.69, 9.17) is 15.2 Å². The zero-order chi connectivity index (χ0) is 23.0. The summed E-state index contributed by atoms with van der Waals surface area (Å²) in [6, 6.07) is 7.16. The summed E-state index contributed by atoms with van der Waals surface area (Å²) >= 11 is 0. The Morgan fingerprint density at radius 3 is 2.77 bits per heavy atom. The second kappa shape index (κ2) is 11.0. The van der Waals surface area contributed by atoms with Crippen molar-refractivity contribution in [2.24, 2.45) is 0 Å².